The first-order chi connectivity index (χ1) is 9.52. The van der Waals surface area contributed by atoms with E-state index >= 15 is 0 Å². The number of hydrogen-bond donors (Lipinski definition) is 2. The van der Waals surface area contributed by atoms with Gasteiger partial charge in [0, 0.05) is 5.56 Å². The molecule has 5 heteroatoms. The molecule has 0 aliphatic carbocycles. The minimum Gasteiger partial charge on any atom is -0.375 e. The van der Waals surface area contributed by atoms with Crippen LogP contribution in [0.1, 0.15) is 27.2 Å². The SMILES string of the molecule is Cc1cccc2c1NC(=O)[C@@]2(O)CC(=O)c1cccs1. The fourth-order valence-electron chi connectivity index (χ4n) is 2.45. The first-order valence-corrected chi connectivity index (χ1v) is 7.11. The molecule has 1 atom stereocenters. The minimum atomic E-state index is -1.78. The number of carbonyl (C=O) groups is 2. The standard InChI is InChI=1S/C15H13NO3S/c1-9-4-2-5-10-13(9)16-14(18)15(10,19)8-11(17)12-6-3-7-20-12/h2-7,19H,8H2,1H3,(H,16,18)/t15-/m1/s1. The zero-order valence-corrected chi connectivity index (χ0v) is 11.7. The molecular formula is C15H13NO3S. The number of anilines is 1. The van der Waals surface area contributed by atoms with Crippen molar-refractivity contribution >= 4 is 28.7 Å². The number of carbonyl (C=O) groups excluding carboxylic acids is 2. The maximum absolute atomic E-state index is 12.2. The number of thiophene rings is 1. The highest BCUT2D eigenvalue weighted by atomic mass is 32.1. The molecule has 102 valence electrons. The maximum Gasteiger partial charge on any atom is 0.261 e. The van der Waals surface area contributed by atoms with Crippen molar-refractivity contribution in [3.63, 3.8) is 0 Å². The van der Waals surface area contributed by atoms with E-state index in [1.807, 2.05) is 13.0 Å². The first kappa shape index (κ1) is 13.0. The summed E-state index contributed by atoms with van der Waals surface area (Å²) in [4.78, 5) is 24.8. The number of rotatable bonds is 3. The summed E-state index contributed by atoms with van der Waals surface area (Å²) in [5.74, 6) is -0.765. The smallest absolute Gasteiger partial charge is 0.261 e. The molecule has 1 amide bonds. The lowest BCUT2D eigenvalue weighted by molar-refractivity contribution is -0.133. The average Bonchev–Trinajstić information content (AvgIpc) is 3.01. The predicted molar refractivity (Wildman–Crippen MR) is 77.0 cm³/mol. The zero-order valence-electron chi connectivity index (χ0n) is 10.8. The van der Waals surface area contributed by atoms with Crippen molar-refractivity contribution in [3.8, 4) is 0 Å². The van der Waals surface area contributed by atoms with Crippen LogP contribution in [0.15, 0.2) is 35.7 Å². The van der Waals surface area contributed by atoms with Crippen molar-refractivity contribution < 1.29 is 14.7 Å². The van der Waals surface area contributed by atoms with Crippen LogP contribution in [0, 0.1) is 6.92 Å². The van der Waals surface area contributed by atoms with Gasteiger partial charge in [-0.2, -0.15) is 0 Å². The lowest BCUT2D eigenvalue weighted by atomic mass is 9.89. The molecule has 0 bridgehead atoms. The third-order valence-electron chi connectivity index (χ3n) is 3.54. The van der Waals surface area contributed by atoms with E-state index in [2.05, 4.69) is 5.32 Å². The number of nitrogens with one attached hydrogen (secondary N) is 1. The van der Waals surface area contributed by atoms with Crippen molar-refractivity contribution in [2.45, 2.75) is 18.9 Å². The van der Waals surface area contributed by atoms with Crippen LogP contribution in [-0.4, -0.2) is 16.8 Å². The van der Waals surface area contributed by atoms with Crippen LogP contribution >= 0.6 is 11.3 Å². The molecular weight excluding hydrogens is 274 g/mol. The van der Waals surface area contributed by atoms with Gasteiger partial charge in [-0.25, -0.2) is 0 Å². The Morgan fingerprint density at radius 2 is 2.15 bits per heavy atom. The number of aryl methyl sites for hydroxylation is 1. The molecule has 0 spiro atoms. The fraction of sp³-hybridized carbons (Fsp3) is 0.200. The number of aliphatic hydroxyl groups is 1. The molecule has 1 aromatic heterocycles. The van der Waals surface area contributed by atoms with Crippen LogP contribution < -0.4 is 5.32 Å². The molecule has 4 nitrogen and oxygen atoms in total. The third-order valence-corrected chi connectivity index (χ3v) is 4.46. The second-order valence-electron chi connectivity index (χ2n) is 4.89. The molecule has 2 N–H and O–H groups in total. The summed E-state index contributed by atoms with van der Waals surface area (Å²) in [5.41, 5.74) is 0.185. The molecule has 0 fully saturated rings. The Bertz CT molecular complexity index is 693. The molecule has 1 aromatic carbocycles. The number of hydrogen-bond acceptors (Lipinski definition) is 4. The minimum absolute atomic E-state index is 0.230. The van der Waals surface area contributed by atoms with E-state index < -0.39 is 11.5 Å². The monoisotopic (exact) mass is 287 g/mol. The number of amides is 1. The molecule has 0 radical (unpaired) electrons. The van der Waals surface area contributed by atoms with Crippen LogP contribution in [0.3, 0.4) is 0 Å². The van der Waals surface area contributed by atoms with Gasteiger partial charge in [0.05, 0.1) is 17.0 Å². The Hall–Kier alpha value is -1.98. The molecule has 2 aromatic rings. The van der Waals surface area contributed by atoms with E-state index in [4.69, 9.17) is 0 Å². The van der Waals surface area contributed by atoms with Crippen molar-refractivity contribution in [1.29, 1.82) is 0 Å². The average molecular weight is 287 g/mol. The summed E-state index contributed by atoms with van der Waals surface area (Å²) in [7, 11) is 0. The van der Waals surface area contributed by atoms with E-state index in [1.54, 1.807) is 29.6 Å². The second kappa shape index (κ2) is 4.54. The van der Waals surface area contributed by atoms with Gasteiger partial charge in [0.15, 0.2) is 11.4 Å². The van der Waals surface area contributed by atoms with Crippen LogP contribution in [0.25, 0.3) is 0 Å². The Morgan fingerprint density at radius 3 is 2.85 bits per heavy atom. The summed E-state index contributed by atoms with van der Waals surface area (Å²) in [5, 5.41) is 15.1. The summed E-state index contributed by atoms with van der Waals surface area (Å²) < 4.78 is 0. The van der Waals surface area contributed by atoms with Gasteiger partial charge in [0.25, 0.3) is 5.91 Å². The van der Waals surface area contributed by atoms with E-state index in [0.29, 0.717) is 16.1 Å². The number of Topliss-reactive ketones (excluding diaryl/α,β-unsaturated/α-hetero) is 1. The third kappa shape index (κ3) is 1.87. The van der Waals surface area contributed by atoms with E-state index in [1.165, 1.54) is 11.3 Å². The Morgan fingerprint density at radius 1 is 1.35 bits per heavy atom. The van der Waals surface area contributed by atoms with Crippen LogP contribution in [0.5, 0.6) is 0 Å². The van der Waals surface area contributed by atoms with Gasteiger partial charge in [-0.15, -0.1) is 11.3 Å². The van der Waals surface area contributed by atoms with Crippen molar-refractivity contribution in [2.75, 3.05) is 5.32 Å². The number of ketones is 1. The highest BCUT2D eigenvalue weighted by Gasteiger charge is 2.47. The lowest BCUT2D eigenvalue weighted by Crippen LogP contribution is -2.36. The molecule has 0 saturated heterocycles. The molecule has 20 heavy (non-hydrogen) atoms. The van der Waals surface area contributed by atoms with Gasteiger partial charge in [0.2, 0.25) is 0 Å². The second-order valence-corrected chi connectivity index (χ2v) is 5.84. The number of para-hydroxylation sites is 1. The first-order valence-electron chi connectivity index (χ1n) is 6.23. The molecule has 1 aliphatic rings. The molecule has 3 rings (SSSR count). The van der Waals surface area contributed by atoms with Gasteiger partial charge >= 0.3 is 0 Å². The van der Waals surface area contributed by atoms with Gasteiger partial charge in [-0.05, 0) is 23.9 Å². The van der Waals surface area contributed by atoms with E-state index in [0.717, 1.165) is 5.56 Å². The van der Waals surface area contributed by atoms with E-state index in [9.17, 15) is 14.7 Å². The summed E-state index contributed by atoms with van der Waals surface area (Å²) in [6, 6.07) is 8.78. The molecule has 2 heterocycles. The predicted octanol–water partition coefficient (Wildman–Crippen LogP) is 2.47. The topological polar surface area (TPSA) is 66.4 Å². The Balaban J connectivity index is 1.99. The largest absolute Gasteiger partial charge is 0.375 e. The maximum atomic E-state index is 12.2. The zero-order chi connectivity index (χ0) is 14.3. The normalized spacial score (nSPS) is 20.6. The van der Waals surface area contributed by atoms with Crippen LogP contribution in [0.2, 0.25) is 0 Å². The van der Waals surface area contributed by atoms with Crippen LogP contribution in [-0.2, 0) is 10.4 Å². The van der Waals surface area contributed by atoms with Crippen molar-refractivity contribution in [1.82, 2.24) is 0 Å². The van der Waals surface area contributed by atoms with Gasteiger partial charge in [0.1, 0.15) is 0 Å². The fourth-order valence-corrected chi connectivity index (χ4v) is 3.11. The summed E-state index contributed by atoms with van der Waals surface area (Å²) >= 11 is 1.31. The number of fused-ring (bicyclic) bond motifs is 1. The molecule has 0 unspecified atom stereocenters. The van der Waals surface area contributed by atoms with Crippen molar-refractivity contribution in [2.24, 2.45) is 0 Å². The Kier molecular flexibility index (Phi) is 2.96. The quantitative estimate of drug-likeness (QED) is 0.852. The van der Waals surface area contributed by atoms with E-state index in [-0.39, 0.29) is 12.2 Å². The van der Waals surface area contributed by atoms with Gasteiger partial charge in [-0.3, -0.25) is 9.59 Å². The van der Waals surface area contributed by atoms with Crippen LogP contribution in [0.4, 0.5) is 5.69 Å². The Labute approximate surface area is 120 Å². The highest BCUT2D eigenvalue weighted by molar-refractivity contribution is 7.12. The van der Waals surface area contributed by atoms with Gasteiger partial charge < -0.3 is 10.4 Å². The molecule has 0 saturated carbocycles. The highest BCUT2D eigenvalue weighted by Crippen LogP contribution is 2.40. The molecule has 1 aliphatic heterocycles. The van der Waals surface area contributed by atoms with Crippen molar-refractivity contribution in [3.05, 3.63) is 51.7 Å². The summed E-state index contributed by atoms with van der Waals surface area (Å²) in [6.45, 7) is 1.85. The summed E-state index contributed by atoms with van der Waals surface area (Å²) in [6.07, 6.45) is -0.240. The van der Waals surface area contributed by atoms with Gasteiger partial charge in [-0.1, -0.05) is 24.3 Å². The lowest BCUT2D eigenvalue weighted by Gasteiger charge is -2.19. The number of benzene rings is 1.